The first-order valence-electron chi connectivity index (χ1n) is 6.19. The third-order valence-electron chi connectivity index (χ3n) is 3.62. The van der Waals surface area contributed by atoms with E-state index in [0.29, 0.717) is 11.5 Å². The highest BCUT2D eigenvalue weighted by Crippen LogP contribution is 2.22. The van der Waals surface area contributed by atoms with Crippen molar-refractivity contribution in [2.45, 2.75) is 26.4 Å². The second-order valence-electron chi connectivity index (χ2n) is 5.21. The Bertz CT molecular complexity index is 452. The minimum atomic E-state index is -0.322. The fourth-order valence-electron chi connectivity index (χ4n) is 2.43. The molecular weight excluding hydrogens is 230 g/mol. The Balaban J connectivity index is 2.11. The molecule has 0 bridgehead atoms. The van der Waals surface area contributed by atoms with Gasteiger partial charge in [-0.05, 0) is 18.4 Å². The molecule has 0 saturated carbocycles. The largest absolute Gasteiger partial charge is 0.326 e. The van der Waals surface area contributed by atoms with Crippen LogP contribution in [0.3, 0.4) is 0 Å². The highest BCUT2D eigenvalue weighted by molar-refractivity contribution is 5.42. The molecule has 0 amide bonds. The van der Waals surface area contributed by atoms with Crippen molar-refractivity contribution in [1.82, 2.24) is 4.90 Å². The van der Waals surface area contributed by atoms with E-state index in [1.165, 1.54) is 0 Å². The average molecular weight is 249 g/mol. The number of benzene rings is 1. The maximum absolute atomic E-state index is 10.9. The first-order chi connectivity index (χ1) is 8.47. The summed E-state index contributed by atoms with van der Waals surface area (Å²) in [6, 6.07) is 5.65. The van der Waals surface area contributed by atoms with Crippen LogP contribution in [0.15, 0.2) is 18.2 Å². The molecule has 98 valence electrons. The normalized spacial score (nSPS) is 24.4. The van der Waals surface area contributed by atoms with Crippen LogP contribution in [0.2, 0.25) is 0 Å². The number of nitro benzene ring substituents is 1. The lowest BCUT2D eigenvalue weighted by Gasteiger charge is -2.15. The molecular formula is C13H19N3O2. The number of nitro groups is 1. The van der Waals surface area contributed by atoms with E-state index in [9.17, 15) is 10.1 Å². The Morgan fingerprint density at radius 2 is 2.22 bits per heavy atom. The summed E-state index contributed by atoms with van der Waals surface area (Å²) >= 11 is 0. The van der Waals surface area contributed by atoms with Crippen LogP contribution in [-0.2, 0) is 6.54 Å². The van der Waals surface area contributed by atoms with Crippen molar-refractivity contribution in [1.29, 1.82) is 0 Å². The first-order valence-corrected chi connectivity index (χ1v) is 6.19. The molecule has 5 nitrogen and oxygen atoms in total. The summed E-state index contributed by atoms with van der Waals surface area (Å²) < 4.78 is 0. The van der Waals surface area contributed by atoms with Crippen molar-refractivity contribution in [3.63, 3.8) is 0 Å². The number of hydrogen-bond donors (Lipinski definition) is 1. The van der Waals surface area contributed by atoms with Crippen molar-refractivity contribution < 1.29 is 4.92 Å². The zero-order chi connectivity index (χ0) is 13.3. The van der Waals surface area contributed by atoms with Crippen LogP contribution in [0.5, 0.6) is 0 Å². The van der Waals surface area contributed by atoms with E-state index in [-0.39, 0.29) is 16.7 Å². The third-order valence-corrected chi connectivity index (χ3v) is 3.62. The van der Waals surface area contributed by atoms with Gasteiger partial charge in [0, 0.05) is 37.3 Å². The van der Waals surface area contributed by atoms with E-state index in [1.807, 2.05) is 12.1 Å². The number of nitrogens with zero attached hydrogens (tertiary/aromatic N) is 2. The van der Waals surface area contributed by atoms with Gasteiger partial charge in [-0.1, -0.05) is 19.1 Å². The van der Waals surface area contributed by atoms with Crippen LogP contribution in [0.1, 0.15) is 18.1 Å². The van der Waals surface area contributed by atoms with Gasteiger partial charge in [0.25, 0.3) is 5.69 Å². The van der Waals surface area contributed by atoms with Gasteiger partial charge < -0.3 is 5.73 Å². The predicted octanol–water partition coefficient (Wildman–Crippen LogP) is 1.68. The highest BCUT2D eigenvalue weighted by Gasteiger charge is 2.26. The molecule has 1 aromatic carbocycles. The van der Waals surface area contributed by atoms with Crippen LogP contribution in [0.25, 0.3) is 0 Å². The fraction of sp³-hybridized carbons (Fsp3) is 0.538. The number of hydrogen-bond acceptors (Lipinski definition) is 4. The van der Waals surface area contributed by atoms with E-state index in [1.54, 1.807) is 13.0 Å². The maximum atomic E-state index is 10.9. The number of rotatable bonds is 3. The first kappa shape index (κ1) is 13.0. The number of aryl methyl sites for hydroxylation is 1. The molecule has 0 aliphatic carbocycles. The van der Waals surface area contributed by atoms with Crippen LogP contribution in [-0.4, -0.2) is 29.0 Å². The molecule has 1 heterocycles. The third kappa shape index (κ3) is 2.68. The molecule has 0 spiro atoms. The Morgan fingerprint density at radius 1 is 1.50 bits per heavy atom. The molecule has 2 atom stereocenters. The van der Waals surface area contributed by atoms with Crippen LogP contribution >= 0.6 is 0 Å². The van der Waals surface area contributed by atoms with E-state index < -0.39 is 0 Å². The summed E-state index contributed by atoms with van der Waals surface area (Å²) in [7, 11) is 0. The molecule has 2 N–H and O–H groups in total. The molecule has 2 rings (SSSR count). The highest BCUT2D eigenvalue weighted by atomic mass is 16.6. The standard InChI is InChI=1S/C13H19N3O2/c1-9-3-4-11(5-13(9)16(17)18)7-15-6-10(2)12(14)8-15/h3-5,10,12H,6-8,14H2,1-2H3. The van der Waals surface area contributed by atoms with E-state index in [4.69, 9.17) is 5.73 Å². The van der Waals surface area contributed by atoms with Crippen molar-refractivity contribution in [3.8, 4) is 0 Å². The molecule has 2 unspecified atom stereocenters. The predicted molar refractivity (Wildman–Crippen MR) is 70.2 cm³/mol. The quantitative estimate of drug-likeness (QED) is 0.653. The lowest BCUT2D eigenvalue weighted by molar-refractivity contribution is -0.385. The van der Waals surface area contributed by atoms with Gasteiger partial charge in [0.2, 0.25) is 0 Å². The topological polar surface area (TPSA) is 72.4 Å². The number of likely N-dealkylation sites (tertiary alicyclic amines) is 1. The SMILES string of the molecule is Cc1ccc(CN2CC(C)C(N)C2)cc1[N+](=O)[O-]. The van der Waals surface area contributed by atoms with E-state index in [0.717, 1.165) is 25.2 Å². The number of nitrogens with two attached hydrogens (primary N) is 1. The van der Waals surface area contributed by atoms with Crippen molar-refractivity contribution in [2.24, 2.45) is 11.7 Å². The Hall–Kier alpha value is -1.46. The Kier molecular flexibility index (Phi) is 3.63. The molecule has 5 heteroatoms. The summed E-state index contributed by atoms with van der Waals surface area (Å²) in [5, 5.41) is 10.9. The molecule has 1 fully saturated rings. The smallest absolute Gasteiger partial charge is 0.272 e. The Morgan fingerprint density at radius 3 is 2.78 bits per heavy atom. The summed E-state index contributed by atoms with van der Waals surface area (Å²) in [6.45, 7) is 6.46. The molecule has 0 aromatic heterocycles. The summed E-state index contributed by atoms with van der Waals surface area (Å²) in [6.07, 6.45) is 0. The monoisotopic (exact) mass is 249 g/mol. The summed E-state index contributed by atoms with van der Waals surface area (Å²) in [5.41, 5.74) is 7.86. The van der Waals surface area contributed by atoms with Crippen molar-refractivity contribution in [3.05, 3.63) is 39.4 Å². The van der Waals surface area contributed by atoms with E-state index in [2.05, 4.69) is 11.8 Å². The second-order valence-corrected chi connectivity index (χ2v) is 5.21. The van der Waals surface area contributed by atoms with Gasteiger partial charge in [-0.25, -0.2) is 0 Å². The van der Waals surface area contributed by atoms with Gasteiger partial charge in [0.1, 0.15) is 0 Å². The van der Waals surface area contributed by atoms with Gasteiger partial charge in [-0.15, -0.1) is 0 Å². The van der Waals surface area contributed by atoms with Gasteiger partial charge in [-0.2, -0.15) is 0 Å². The second kappa shape index (κ2) is 5.04. The van der Waals surface area contributed by atoms with Gasteiger partial charge in [0.15, 0.2) is 0 Å². The average Bonchev–Trinajstić information content (AvgIpc) is 2.60. The lowest BCUT2D eigenvalue weighted by Crippen LogP contribution is -2.28. The zero-order valence-corrected chi connectivity index (χ0v) is 10.8. The molecule has 1 aliphatic heterocycles. The van der Waals surface area contributed by atoms with Gasteiger partial charge in [0.05, 0.1) is 4.92 Å². The molecule has 1 aliphatic rings. The summed E-state index contributed by atoms with van der Waals surface area (Å²) in [5.74, 6) is 0.491. The van der Waals surface area contributed by atoms with Crippen molar-refractivity contribution >= 4 is 5.69 Å². The molecule has 1 aromatic rings. The zero-order valence-electron chi connectivity index (χ0n) is 10.8. The lowest BCUT2D eigenvalue weighted by atomic mass is 10.1. The molecule has 1 saturated heterocycles. The maximum Gasteiger partial charge on any atom is 0.272 e. The van der Waals surface area contributed by atoms with Crippen molar-refractivity contribution in [2.75, 3.05) is 13.1 Å². The van der Waals surface area contributed by atoms with E-state index >= 15 is 0 Å². The van der Waals surface area contributed by atoms with Crippen LogP contribution < -0.4 is 5.73 Å². The van der Waals surface area contributed by atoms with Gasteiger partial charge >= 0.3 is 0 Å². The summed E-state index contributed by atoms with van der Waals surface area (Å²) in [4.78, 5) is 12.8. The minimum Gasteiger partial charge on any atom is -0.326 e. The van der Waals surface area contributed by atoms with Gasteiger partial charge in [-0.3, -0.25) is 15.0 Å². The van der Waals surface area contributed by atoms with Crippen LogP contribution in [0, 0.1) is 23.0 Å². The molecule has 18 heavy (non-hydrogen) atoms. The Labute approximate surface area is 107 Å². The minimum absolute atomic E-state index is 0.198. The van der Waals surface area contributed by atoms with Crippen LogP contribution in [0.4, 0.5) is 5.69 Å². The fourth-order valence-corrected chi connectivity index (χ4v) is 2.43. The molecule has 0 radical (unpaired) electrons.